The molecule has 4 amide bonds. The predicted molar refractivity (Wildman–Crippen MR) is 143 cm³/mol. The SMILES string of the molecule is CCOC(=O)C1=C(CN2CCCN(C(=O)NC(C)(C)C)CC2)N(C)C(=O)NC1c1ccc(OC)cc1OC. The first-order valence-corrected chi connectivity index (χ1v) is 12.9. The Morgan fingerprint density at radius 2 is 1.84 bits per heavy atom. The van der Waals surface area contributed by atoms with E-state index < -0.39 is 12.0 Å². The van der Waals surface area contributed by atoms with E-state index in [4.69, 9.17) is 14.2 Å². The fourth-order valence-corrected chi connectivity index (χ4v) is 4.63. The molecular formula is C27H41N5O6. The van der Waals surface area contributed by atoms with E-state index in [1.165, 1.54) is 12.0 Å². The predicted octanol–water partition coefficient (Wildman–Crippen LogP) is 2.73. The molecule has 1 fully saturated rings. The number of likely N-dealkylation sites (N-methyl/N-ethyl adjacent to an activating group) is 1. The fourth-order valence-electron chi connectivity index (χ4n) is 4.63. The molecule has 2 aliphatic heterocycles. The van der Waals surface area contributed by atoms with Gasteiger partial charge in [-0.05, 0) is 46.2 Å². The Morgan fingerprint density at radius 3 is 2.47 bits per heavy atom. The zero-order valence-electron chi connectivity index (χ0n) is 23.6. The lowest BCUT2D eigenvalue weighted by Gasteiger charge is -2.37. The van der Waals surface area contributed by atoms with Crippen LogP contribution < -0.4 is 20.1 Å². The molecule has 2 N–H and O–H groups in total. The van der Waals surface area contributed by atoms with Crippen molar-refractivity contribution in [3.05, 3.63) is 35.0 Å². The lowest BCUT2D eigenvalue weighted by atomic mass is 9.93. The molecule has 11 nitrogen and oxygen atoms in total. The molecule has 0 bridgehead atoms. The number of hydrogen-bond donors (Lipinski definition) is 2. The minimum absolute atomic E-state index is 0.0911. The maximum absolute atomic E-state index is 13.3. The number of ether oxygens (including phenoxy) is 3. The molecule has 0 saturated carbocycles. The molecule has 2 aliphatic rings. The Labute approximate surface area is 225 Å². The smallest absolute Gasteiger partial charge is 0.338 e. The van der Waals surface area contributed by atoms with Gasteiger partial charge < -0.3 is 29.7 Å². The normalized spacial score (nSPS) is 19.0. The van der Waals surface area contributed by atoms with Gasteiger partial charge in [-0.3, -0.25) is 9.80 Å². The molecule has 1 aromatic rings. The summed E-state index contributed by atoms with van der Waals surface area (Å²) < 4.78 is 16.4. The average Bonchev–Trinajstić information content (AvgIpc) is 3.11. The van der Waals surface area contributed by atoms with Crippen LogP contribution >= 0.6 is 0 Å². The Morgan fingerprint density at radius 1 is 1.11 bits per heavy atom. The first kappa shape index (κ1) is 29.1. The second-order valence-corrected chi connectivity index (χ2v) is 10.4. The molecule has 0 aliphatic carbocycles. The maximum atomic E-state index is 13.3. The fraction of sp³-hybridized carbons (Fsp3) is 0.593. The molecule has 38 heavy (non-hydrogen) atoms. The highest BCUT2D eigenvalue weighted by atomic mass is 16.5. The second kappa shape index (κ2) is 12.4. The van der Waals surface area contributed by atoms with Crippen LogP contribution in [-0.4, -0.2) is 98.9 Å². The summed E-state index contributed by atoms with van der Waals surface area (Å²) in [5, 5.41) is 5.96. The summed E-state index contributed by atoms with van der Waals surface area (Å²) in [6.45, 7) is 10.6. The average molecular weight is 532 g/mol. The summed E-state index contributed by atoms with van der Waals surface area (Å²) in [6.07, 6.45) is 0.769. The van der Waals surface area contributed by atoms with Crippen molar-refractivity contribution in [1.29, 1.82) is 0 Å². The molecular weight excluding hydrogens is 490 g/mol. The second-order valence-electron chi connectivity index (χ2n) is 10.4. The van der Waals surface area contributed by atoms with E-state index in [1.54, 1.807) is 39.3 Å². The number of hydrogen-bond acceptors (Lipinski definition) is 7. The van der Waals surface area contributed by atoms with Crippen LogP contribution in [0.4, 0.5) is 9.59 Å². The van der Waals surface area contributed by atoms with Crippen molar-refractivity contribution >= 4 is 18.0 Å². The molecule has 1 saturated heterocycles. The van der Waals surface area contributed by atoms with Crippen molar-refractivity contribution < 1.29 is 28.6 Å². The summed E-state index contributed by atoms with van der Waals surface area (Å²) >= 11 is 0. The zero-order chi connectivity index (χ0) is 28.0. The summed E-state index contributed by atoms with van der Waals surface area (Å²) in [5.41, 5.74) is 1.21. The number of nitrogens with one attached hydrogen (secondary N) is 2. The first-order valence-electron chi connectivity index (χ1n) is 12.9. The van der Waals surface area contributed by atoms with E-state index in [-0.39, 0.29) is 24.2 Å². The number of carbonyl (C=O) groups is 3. The van der Waals surface area contributed by atoms with Gasteiger partial charge in [0.05, 0.1) is 32.4 Å². The largest absolute Gasteiger partial charge is 0.497 e. The van der Waals surface area contributed by atoms with Crippen molar-refractivity contribution in [1.82, 2.24) is 25.3 Å². The standard InChI is InChI=1S/C27H41N5O6/c1-8-38-24(33)22-20(17-31-12-9-13-32(15-14-31)26(35)29-27(2,3)4)30(5)25(34)28-23(22)19-11-10-18(36-6)16-21(19)37-7/h10-11,16,23H,8-9,12-15,17H2,1-7H3,(H,28,34)(H,29,35). The van der Waals surface area contributed by atoms with Crippen molar-refractivity contribution in [2.45, 2.75) is 45.7 Å². The molecule has 210 valence electrons. The molecule has 1 aromatic carbocycles. The third kappa shape index (κ3) is 6.89. The van der Waals surface area contributed by atoms with E-state index in [9.17, 15) is 14.4 Å². The summed E-state index contributed by atoms with van der Waals surface area (Å²) in [6, 6.07) is 4.06. The maximum Gasteiger partial charge on any atom is 0.338 e. The van der Waals surface area contributed by atoms with Crippen LogP contribution in [0.2, 0.25) is 0 Å². The van der Waals surface area contributed by atoms with Gasteiger partial charge in [-0.25, -0.2) is 14.4 Å². The van der Waals surface area contributed by atoms with Crippen molar-refractivity contribution in [2.24, 2.45) is 0 Å². The van der Waals surface area contributed by atoms with Crippen LogP contribution in [0.15, 0.2) is 29.5 Å². The van der Waals surface area contributed by atoms with Gasteiger partial charge >= 0.3 is 18.0 Å². The van der Waals surface area contributed by atoms with Crippen LogP contribution in [0.5, 0.6) is 11.5 Å². The van der Waals surface area contributed by atoms with Gasteiger partial charge in [0.1, 0.15) is 11.5 Å². The Balaban J connectivity index is 1.95. The van der Waals surface area contributed by atoms with Gasteiger partial charge in [0.25, 0.3) is 0 Å². The number of amides is 4. The topological polar surface area (TPSA) is 113 Å². The highest BCUT2D eigenvalue weighted by Crippen LogP contribution is 2.37. The van der Waals surface area contributed by atoms with E-state index in [2.05, 4.69) is 15.5 Å². The molecule has 0 aromatic heterocycles. The number of urea groups is 2. The number of methoxy groups -OCH3 is 2. The van der Waals surface area contributed by atoms with Gasteiger partial charge in [-0.15, -0.1) is 0 Å². The third-order valence-corrected chi connectivity index (χ3v) is 6.55. The highest BCUT2D eigenvalue weighted by Gasteiger charge is 2.39. The van der Waals surface area contributed by atoms with Crippen molar-refractivity contribution in [3.63, 3.8) is 0 Å². The quantitative estimate of drug-likeness (QED) is 0.520. The van der Waals surface area contributed by atoms with Crippen molar-refractivity contribution in [3.8, 4) is 11.5 Å². The number of nitrogens with zero attached hydrogens (tertiary/aromatic N) is 3. The Bertz CT molecular complexity index is 1070. The zero-order valence-corrected chi connectivity index (χ0v) is 23.6. The molecule has 3 rings (SSSR count). The van der Waals surface area contributed by atoms with Gasteiger partial charge in [0.15, 0.2) is 0 Å². The Hall–Kier alpha value is -3.47. The van der Waals surface area contributed by atoms with Gasteiger partial charge in [0, 0.05) is 62.6 Å². The van der Waals surface area contributed by atoms with Crippen molar-refractivity contribution in [2.75, 3.05) is 60.6 Å². The van der Waals surface area contributed by atoms with E-state index in [0.717, 1.165) is 6.42 Å². The molecule has 1 unspecified atom stereocenters. The number of esters is 1. The molecule has 0 radical (unpaired) electrons. The van der Waals surface area contributed by atoms with Gasteiger partial charge in [0.2, 0.25) is 0 Å². The van der Waals surface area contributed by atoms with Gasteiger partial charge in [-0.1, -0.05) is 0 Å². The number of rotatable bonds is 7. The van der Waals surface area contributed by atoms with E-state index in [1.807, 2.05) is 25.7 Å². The molecule has 11 heteroatoms. The minimum atomic E-state index is -0.769. The Kier molecular flexibility index (Phi) is 9.48. The summed E-state index contributed by atoms with van der Waals surface area (Å²) in [7, 11) is 4.73. The van der Waals surface area contributed by atoms with Gasteiger partial charge in [-0.2, -0.15) is 0 Å². The monoisotopic (exact) mass is 531 g/mol. The molecule has 0 spiro atoms. The summed E-state index contributed by atoms with van der Waals surface area (Å²) in [4.78, 5) is 44.6. The van der Waals surface area contributed by atoms with Crippen LogP contribution in [0.25, 0.3) is 0 Å². The number of carbonyl (C=O) groups excluding carboxylic acids is 3. The number of benzene rings is 1. The van der Waals surface area contributed by atoms with Crippen LogP contribution in [0, 0.1) is 0 Å². The third-order valence-electron chi connectivity index (χ3n) is 6.55. The van der Waals surface area contributed by atoms with Crippen LogP contribution in [-0.2, 0) is 9.53 Å². The molecule has 1 atom stereocenters. The first-order chi connectivity index (χ1) is 18.0. The van der Waals surface area contributed by atoms with Crippen LogP contribution in [0.1, 0.15) is 45.7 Å². The van der Waals surface area contributed by atoms with E-state index in [0.29, 0.717) is 61.1 Å². The lowest BCUT2D eigenvalue weighted by molar-refractivity contribution is -0.139. The lowest BCUT2D eigenvalue weighted by Crippen LogP contribution is -2.50. The highest BCUT2D eigenvalue weighted by molar-refractivity contribution is 5.95. The van der Waals surface area contributed by atoms with Crippen LogP contribution in [0.3, 0.4) is 0 Å². The minimum Gasteiger partial charge on any atom is -0.497 e. The van der Waals surface area contributed by atoms with E-state index >= 15 is 0 Å². The molecule has 2 heterocycles. The summed E-state index contributed by atoms with van der Waals surface area (Å²) in [5.74, 6) is 0.574.